The van der Waals surface area contributed by atoms with E-state index in [0.29, 0.717) is 0 Å². The smallest absolute Gasteiger partial charge is 0.0346 e. The van der Waals surface area contributed by atoms with E-state index in [0.717, 1.165) is 5.69 Å². The molecule has 0 aliphatic heterocycles. The van der Waals surface area contributed by atoms with Crippen LogP contribution >= 0.6 is 0 Å². The van der Waals surface area contributed by atoms with Crippen molar-refractivity contribution in [1.29, 1.82) is 0 Å². The van der Waals surface area contributed by atoms with E-state index in [-0.39, 0.29) is 5.41 Å². The summed E-state index contributed by atoms with van der Waals surface area (Å²) in [6.07, 6.45) is 0. The van der Waals surface area contributed by atoms with Gasteiger partial charge in [-0.25, -0.2) is 0 Å². The van der Waals surface area contributed by atoms with Crippen molar-refractivity contribution in [1.82, 2.24) is 0 Å². The summed E-state index contributed by atoms with van der Waals surface area (Å²) < 4.78 is 0. The number of nitrogen functional groups attached to an aromatic ring is 1. The van der Waals surface area contributed by atoms with E-state index in [2.05, 4.69) is 33.8 Å². The van der Waals surface area contributed by atoms with Crippen LogP contribution in [0.4, 0.5) is 5.69 Å². The molecule has 0 heterocycles. The highest BCUT2D eigenvalue weighted by molar-refractivity contribution is 5.51. The molecule has 12 heavy (non-hydrogen) atoms. The lowest BCUT2D eigenvalue weighted by Gasteiger charge is -2.22. The van der Waals surface area contributed by atoms with Gasteiger partial charge in [-0.2, -0.15) is 0 Å². The molecular formula is C11H17N. The van der Waals surface area contributed by atoms with Crippen LogP contribution in [0.3, 0.4) is 0 Å². The second-order valence-corrected chi connectivity index (χ2v) is 4.27. The molecule has 2 N–H and O–H groups in total. The largest absolute Gasteiger partial charge is 0.399 e. The van der Waals surface area contributed by atoms with Crippen LogP contribution in [0.2, 0.25) is 0 Å². The number of rotatable bonds is 0. The minimum absolute atomic E-state index is 0.194. The fourth-order valence-electron chi connectivity index (χ4n) is 1.47. The lowest BCUT2D eigenvalue weighted by molar-refractivity contribution is 0.586. The Morgan fingerprint density at radius 3 is 2.17 bits per heavy atom. The van der Waals surface area contributed by atoms with Gasteiger partial charge in [-0.05, 0) is 29.5 Å². The molecule has 0 fully saturated rings. The Balaban J connectivity index is 3.26. The first-order chi connectivity index (χ1) is 5.43. The molecule has 0 aliphatic carbocycles. The minimum Gasteiger partial charge on any atom is -0.399 e. The van der Waals surface area contributed by atoms with Gasteiger partial charge in [0, 0.05) is 5.69 Å². The molecule has 1 aromatic carbocycles. The van der Waals surface area contributed by atoms with E-state index in [4.69, 9.17) is 5.73 Å². The Hall–Kier alpha value is -0.980. The average Bonchev–Trinajstić information content (AvgIpc) is 1.92. The van der Waals surface area contributed by atoms with Crippen molar-refractivity contribution >= 4 is 5.69 Å². The van der Waals surface area contributed by atoms with Crippen LogP contribution in [0.25, 0.3) is 0 Å². The summed E-state index contributed by atoms with van der Waals surface area (Å²) in [7, 11) is 0. The van der Waals surface area contributed by atoms with Crippen molar-refractivity contribution in [3.05, 3.63) is 29.3 Å². The van der Waals surface area contributed by atoms with Crippen molar-refractivity contribution in [2.24, 2.45) is 0 Å². The van der Waals surface area contributed by atoms with Crippen LogP contribution in [0.1, 0.15) is 31.9 Å². The highest BCUT2D eigenvalue weighted by atomic mass is 14.6. The van der Waals surface area contributed by atoms with Crippen LogP contribution in [0, 0.1) is 6.92 Å². The SMILES string of the molecule is Cc1c(N)cccc1C(C)(C)C. The number of hydrogen-bond acceptors (Lipinski definition) is 1. The van der Waals surface area contributed by atoms with Gasteiger partial charge in [0.1, 0.15) is 0 Å². The maximum Gasteiger partial charge on any atom is 0.0346 e. The molecule has 1 nitrogen and oxygen atoms in total. The van der Waals surface area contributed by atoms with Crippen LogP contribution < -0.4 is 5.73 Å². The Bertz CT molecular complexity index is 282. The van der Waals surface area contributed by atoms with Crippen molar-refractivity contribution in [2.75, 3.05) is 5.73 Å². The molecule has 0 radical (unpaired) electrons. The quantitative estimate of drug-likeness (QED) is 0.585. The maximum atomic E-state index is 5.82. The summed E-state index contributed by atoms with van der Waals surface area (Å²) in [5.41, 5.74) is 9.45. The zero-order valence-electron chi connectivity index (χ0n) is 8.31. The third-order valence-corrected chi connectivity index (χ3v) is 2.18. The Labute approximate surface area is 74.6 Å². The molecule has 0 bridgehead atoms. The summed E-state index contributed by atoms with van der Waals surface area (Å²) in [4.78, 5) is 0. The number of benzene rings is 1. The maximum absolute atomic E-state index is 5.82. The second-order valence-electron chi connectivity index (χ2n) is 4.27. The van der Waals surface area contributed by atoms with E-state index >= 15 is 0 Å². The lowest BCUT2D eigenvalue weighted by Crippen LogP contribution is -2.13. The molecule has 0 unspecified atom stereocenters. The van der Waals surface area contributed by atoms with E-state index in [1.54, 1.807) is 0 Å². The van der Waals surface area contributed by atoms with Crippen LogP contribution in [-0.2, 0) is 5.41 Å². The van der Waals surface area contributed by atoms with Crippen molar-refractivity contribution in [3.63, 3.8) is 0 Å². The summed E-state index contributed by atoms with van der Waals surface area (Å²) >= 11 is 0. The molecule has 0 aromatic heterocycles. The fraction of sp³-hybridized carbons (Fsp3) is 0.455. The average molecular weight is 163 g/mol. The van der Waals surface area contributed by atoms with Crippen molar-refractivity contribution in [2.45, 2.75) is 33.1 Å². The Morgan fingerprint density at radius 1 is 1.17 bits per heavy atom. The Kier molecular flexibility index (Phi) is 2.14. The van der Waals surface area contributed by atoms with Crippen molar-refractivity contribution in [3.8, 4) is 0 Å². The summed E-state index contributed by atoms with van der Waals surface area (Å²) in [5.74, 6) is 0. The third-order valence-electron chi connectivity index (χ3n) is 2.18. The normalized spacial score (nSPS) is 11.7. The van der Waals surface area contributed by atoms with Gasteiger partial charge >= 0.3 is 0 Å². The van der Waals surface area contributed by atoms with Gasteiger partial charge in [0.25, 0.3) is 0 Å². The van der Waals surface area contributed by atoms with Gasteiger partial charge in [0.05, 0.1) is 0 Å². The standard InChI is InChI=1S/C11H17N/c1-8-9(11(2,3)4)6-5-7-10(8)12/h5-7H,12H2,1-4H3. The molecule has 1 heteroatoms. The first-order valence-corrected chi connectivity index (χ1v) is 4.28. The van der Waals surface area contributed by atoms with E-state index in [1.807, 2.05) is 12.1 Å². The second kappa shape index (κ2) is 2.81. The summed E-state index contributed by atoms with van der Waals surface area (Å²) in [5, 5.41) is 0. The van der Waals surface area contributed by atoms with Gasteiger partial charge in [-0.15, -0.1) is 0 Å². The van der Waals surface area contributed by atoms with Gasteiger partial charge < -0.3 is 5.73 Å². The molecular weight excluding hydrogens is 146 g/mol. The first kappa shape index (κ1) is 9.11. The molecule has 0 saturated carbocycles. The van der Waals surface area contributed by atoms with Crippen molar-refractivity contribution < 1.29 is 0 Å². The molecule has 0 atom stereocenters. The predicted molar refractivity (Wildman–Crippen MR) is 54.3 cm³/mol. The highest BCUT2D eigenvalue weighted by Gasteiger charge is 2.16. The third kappa shape index (κ3) is 1.60. The topological polar surface area (TPSA) is 26.0 Å². The predicted octanol–water partition coefficient (Wildman–Crippen LogP) is 2.87. The molecule has 1 aromatic rings. The van der Waals surface area contributed by atoms with Gasteiger partial charge in [-0.1, -0.05) is 32.9 Å². The summed E-state index contributed by atoms with van der Waals surface area (Å²) in [6, 6.07) is 6.11. The van der Waals surface area contributed by atoms with Gasteiger partial charge in [0.2, 0.25) is 0 Å². The first-order valence-electron chi connectivity index (χ1n) is 4.28. The van der Waals surface area contributed by atoms with Crippen LogP contribution in [0.5, 0.6) is 0 Å². The van der Waals surface area contributed by atoms with Crippen LogP contribution in [-0.4, -0.2) is 0 Å². The molecule has 66 valence electrons. The lowest BCUT2D eigenvalue weighted by atomic mass is 9.84. The Morgan fingerprint density at radius 2 is 1.75 bits per heavy atom. The molecule has 0 saturated heterocycles. The number of anilines is 1. The molecule has 1 rings (SSSR count). The van der Waals surface area contributed by atoms with Gasteiger partial charge in [-0.3, -0.25) is 0 Å². The summed E-state index contributed by atoms with van der Waals surface area (Å²) in [6.45, 7) is 8.69. The van der Waals surface area contributed by atoms with E-state index in [1.165, 1.54) is 11.1 Å². The van der Waals surface area contributed by atoms with Crippen LogP contribution in [0.15, 0.2) is 18.2 Å². The van der Waals surface area contributed by atoms with E-state index in [9.17, 15) is 0 Å². The van der Waals surface area contributed by atoms with E-state index < -0.39 is 0 Å². The molecule has 0 amide bonds. The number of hydrogen-bond donors (Lipinski definition) is 1. The minimum atomic E-state index is 0.194. The zero-order chi connectivity index (χ0) is 9.35. The van der Waals surface area contributed by atoms with Gasteiger partial charge in [0.15, 0.2) is 0 Å². The highest BCUT2D eigenvalue weighted by Crippen LogP contribution is 2.27. The fourth-order valence-corrected chi connectivity index (χ4v) is 1.47. The monoisotopic (exact) mass is 163 g/mol. The molecule has 0 aliphatic rings. The number of nitrogens with two attached hydrogens (primary N) is 1. The molecule has 0 spiro atoms. The zero-order valence-corrected chi connectivity index (χ0v) is 8.31.